The Morgan fingerprint density at radius 2 is 2.04 bits per heavy atom. The molecule has 1 aromatic carbocycles. The summed E-state index contributed by atoms with van der Waals surface area (Å²) in [5.74, 6) is -0.101. The Bertz CT molecular complexity index is 921. The van der Waals surface area contributed by atoms with Crippen molar-refractivity contribution in [3.8, 4) is 0 Å². The summed E-state index contributed by atoms with van der Waals surface area (Å²) in [7, 11) is 1.92. The van der Waals surface area contributed by atoms with Gasteiger partial charge in [0.15, 0.2) is 0 Å². The lowest BCUT2D eigenvalue weighted by atomic mass is 10.2. The molecule has 0 atom stereocenters. The summed E-state index contributed by atoms with van der Waals surface area (Å²) in [5.41, 5.74) is 4.02. The maximum atomic E-state index is 12.3. The van der Waals surface area contributed by atoms with Gasteiger partial charge in [0.1, 0.15) is 0 Å². The molecule has 1 amide bonds. The molecule has 0 unspecified atom stereocenters. The Morgan fingerprint density at radius 1 is 1.28 bits per heavy atom. The second kappa shape index (κ2) is 6.93. The van der Waals surface area contributed by atoms with Crippen LogP contribution in [-0.4, -0.2) is 36.9 Å². The van der Waals surface area contributed by atoms with E-state index >= 15 is 0 Å². The monoisotopic (exact) mass is 337 g/mol. The Morgan fingerprint density at radius 3 is 2.72 bits per heavy atom. The van der Waals surface area contributed by atoms with E-state index in [1.165, 1.54) is 6.08 Å². The standard InChI is InChI=1S/C19H23N5O/c1-5-19(25)23(10-11-24-15(3)12-14(2)20-24)13-17-16-8-6-7-9-18(16)22(4)21-17/h5-9,12H,1,10-11,13H2,2-4H3. The highest BCUT2D eigenvalue weighted by atomic mass is 16.2. The number of para-hydroxylation sites is 1. The van der Waals surface area contributed by atoms with Crippen molar-refractivity contribution in [1.29, 1.82) is 0 Å². The summed E-state index contributed by atoms with van der Waals surface area (Å²) < 4.78 is 3.78. The number of aromatic nitrogens is 4. The van der Waals surface area contributed by atoms with Crippen molar-refractivity contribution < 1.29 is 4.79 Å². The summed E-state index contributed by atoms with van der Waals surface area (Å²) in [6, 6.07) is 10.1. The lowest BCUT2D eigenvalue weighted by Crippen LogP contribution is -2.32. The average Bonchev–Trinajstić information content (AvgIpc) is 3.10. The molecule has 2 aromatic heterocycles. The van der Waals surface area contributed by atoms with Gasteiger partial charge < -0.3 is 4.90 Å². The minimum absolute atomic E-state index is 0.101. The minimum Gasteiger partial charge on any atom is -0.331 e. The van der Waals surface area contributed by atoms with Gasteiger partial charge in [-0.25, -0.2) is 0 Å². The van der Waals surface area contributed by atoms with Crippen molar-refractivity contribution in [3.05, 3.63) is 60.1 Å². The number of hydrogen-bond acceptors (Lipinski definition) is 3. The van der Waals surface area contributed by atoms with E-state index in [1.807, 2.05) is 60.6 Å². The normalized spacial score (nSPS) is 11.0. The molecule has 130 valence electrons. The number of rotatable bonds is 6. The lowest BCUT2D eigenvalue weighted by Gasteiger charge is -2.20. The molecule has 0 aliphatic heterocycles. The largest absolute Gasteiger partial charge is 0.331 e. The van der Waals surface area contributed by atoms with Crippen LogP contribution in [-0.2, 0) is 24.9 Å². The maximum Gasteiger partial charge on any atom is 0.246 e. The Hall–Kier alpha value is -2.89. The second-order valence-corrected chi connectivity index (χ2v) is 6.20. The van der Waals surface area contributed by atoms with Crippen LogP contribution in [0, 0.1) is 13.8 Å². The highest BCUT2D eigenvalue weighted by Gasteiger charge is 2.16. The number of aryl methyl sites for hydroxylation is 3. The van der Waals surface area contributed by atoms with Gasteiger partial charge in [-0.05, 0) is 32.1 Å². The van der Waals surface area contributed by atoms with Crippen LogP contribution in [0.4, 0.5) is 0 Å². The highest BCUT2D eigenvalue weighted by molar-refractivity contribution is 5.88. The lowest BCUT2D eigenvalue weighted by molar-refractivity contribution is -0.126. The minimum atomic E-state index is -0.101. The van der Waals surface area contributed by atoms with E-state index in [2.05, 4.69) is 16.8 Å². The van der Waals surface area contributed by atoms with Gasteiger partial charge in [-0.15, -0.1) is 0 Å². The third-order valence-electron chi connectivity index (χ3n) is 4.35. The predicted molar refractivity (Wildman–Crippen MR) is 98.0 cm³/mol. The van der Waals surface area contributed by atoms with E-state index in [-0.39, 0.29) is 5.91 Å². The first-order valence-electron chi connectivity index (χ1n) is 8.32. The summed E-state index contributed by atoms with van der Waals surface area (Å²) in [5, 5.41) is 10.1. The number of carbonyl (C=O) groups excluding carboxylic acids is 1. The van der Waals surface area contributed by atoms with Crippen molar-refractivity contribution in [2.45, 2.75) is 26.9 Å². The topological polar surface area (TPSA) is 56.0 Å². The molecule has 0 saturated carbocycles. The fourth-order valence-electron chi connectivity index (χ4n) is 3.10. The molecule has 0 aliphatic rings. The van der Waals surface area contributed by atoms with Crippen LogP contribution in [0.3, 0.4) is 0 Å². The van der Waals surface area contributed by atoms with Gasteiger partial charge in [-0.3, -0.25) is 14.2 Å². The van der Waals surface area contributed by atoms with Crippen molar-refractivity contribution in [3.63, 3.8) is 0 Å². The fraction of sp³-hybridized carbons (Fsp3) is 0.316. The Labute approximate surface area is 147 Å². The zero-order valence-corrected chi connectivity index (χ0v) is 14.9. The number of amides is 1. The molecule has 0 aliphatic carbocycles. The molecule has 0 bridgehead atoms. The molecule has 0 fully saturated rings. The molecule has 6 nitrogen and oxygen atoms in total. The van der Waals surface area contributed by atoms with E-state index in [0.717, 1.165) is 28.0 Å². The average molecular weight is 337 g/mol. The van der Waals surface area contributed by atoms with Crippen molar-refractivity contribution >= 4 is 16.8 Å². The van der Waals surface area contributed by atoms with Crippen LogP contribution >= 0.6 is 0 Å². The number of benzene rings is 1. The molecule has 6 heteroatoms. The van der Waals surface area contributed by atoms with Crippen LogP contribution in [0.5, 0.6) is 0 Å². The Balaban J connectivity index is 1.82. The maximum absolute atomic E-state index is 12.3. The van der Waals surface area contributed by atoms with Gasteiger partial charge >= 0.3 is 0 Å². The van der Waals surface area contributed by atoms with E-state index < -0.39 is 0 Å². The third kappa shape index (κ3) is 3.47. The van der Waals surface area contributed by atoms with Gasteiger partial charge in [-0.1, -0.05) is 24.8 Å². The van der Waals surface area contributed by atoms with E-state index in [0.29, 0.717) is 19.6 Å². The van der Waals surface area contributed by atoms with Crippen molar-refractivity contribution in [2.75, 3.05) is 6.54 Å². The molecule has 25 heavy (non-hydrogen) atoms. The molecule has 0 N–H and O–H groups in total. The van der Waals surface area contributed by atoms with Gasteiger partial charge in [0.25, 0.3) is 0 Å². The zero-order valence-electron chi connectivity index (χ0n) is 14.9. The van der Waals surface area contributed by atoms with Gasteiger partial charge in [0, 0.05) is 24.7 Å². The SMILES string of the molecule is C=CC(=O)N(CCn1nc(C)cc1C)Cc1nn(C)c2ccccc12. The quantitative estimate of drug-likeness (QED) is 0.650. The molecule has 3 aromatic rings. The number of hydrogen-bond donors (Lipinski definition) is 0. The highest BCUT2D eigenvalue weighted by Crippen LogP contribution is 2.19. The van der Waals surface area contributed by atoms with Gasteiger partial charge in [0.2, 0.25) is 5.91 Å². The van der Waals surface area contributed by atoms with Crippen LogP contribution in [0.2, 0.25) is 0 Å². The number of nitrogens with zero attached hydrogens (tertiary/aromatic N) is 5. The summed E-state index contributed by atoms with van der Waals surface area (Å²) >= 11 is 0. The summed E-state index contributed by atoms with van der Waals surface area (Å²) in [6.07, 6.45) is 1.35. The molecule has 2 heterocycles. The molecule has 0 radical (unpaired) electrons. The second-order valence-electron chi connectivity index (χ2n) is 6.20. The zero-order chi connectivity index (χ0) is 18.0. The van der Waals surface area contributed by atoms with E-state index in [1.54, 1.807) is 4.90 Å². The van der Waals surface area contributed by atoms with Crippen LogP contribution in [0.15, 0.2) is 43.0 Å². The third-order valence-corrected chi connectivity index (χ3v) is 4.35. The van der Waals surface area contributed by atoms with E-state index in [9.17, 15) is 4.79 Å². The smallest absolute Gasteiger partial charge is 0.246 e. The van der Waals surface area contributed by atoms with Gasteiger partial charge in [-0.2, -0.15) is 10.2 Å². The molecular weight excluding hydrogens is 314 g/mol. The number of carbonyl (C=O) groups is 1. The first-order chi connectivity index (χ1) is 12.0. The molecular formula is C19H23N5O. The van der Waals surface area contributed by atoms with Crippen molar-refractivity contribution in [2.24, 2.45) is 7.05 Å². The Kier molecular flexibility index (Phi) is 4.70. The first kappa shape index (κ1) is 17.0. The fourth-order valence-corrected chi connectivity index (χ4v) is 3.10. The molecule has 3 rings (SSSR count). The predicted octanol–water partition coefficient (Wildman–Crippen LogP) is 2.60. The van der Waals surface area contributed by atoms with E-state index in [4.69, 9.17) is 0 Å². The summed E-state index contributed by atoms with van der Waals surface area (Å²) in [4.78, 5) is 14.1. The van der Waals surface area contributed by atoms with Crippen molar-refractivity contribution in [1.82, 2.24) is 24.5 Å². The van der Waals surface area contributed by atoms with Crippen LogP contribution in [0.25, 0.3) is 10.9 Å². The summed E-state index contributed by atoms with van der Waals surface area (Å²) in [6.45, 7) is 9.26. The number of fused-ring (bicyclic) bond motifs is 1. The molecule has 0 saturated heterocycles. The van der Waals surface area contributed by atoms with Crippen LogP contribution in [0.1, 0.15) is 17.1 Å². The van der Waals surface area contributed by atoms with Crippen LogP contribution < -0.4 is 0 Å². The van der Waals surface area contributed by atoms with Gasteiger partial charge in [0.05, 0.1) is 30.0 Å². The first-order valence-corrected chi connectivity index (χ1v) is 8.32. The molecule has 0 spiro atoms.